The summed E-state index contributed by atoms with van der Waals surface area (Å²) >= 11 is 0. The van der Waals surface area contributed by atoms with E-state index in [4.69, 9.17) is 15.2 Å². The van der Waals surface area contributed by atoms with Crippen molar-refractivity contribution < 1.29 is 14.6 Å². The van der Waals surface area contributed by atoms with Crippen LogP contribution in [0, 0.1) is 0 Å². The number of rotatable bonds is 8. The molecular formula is C13H27NO3. The van der Waals surface area contributed by atoms with Gasteiger partial charge in [-0.25, -0.2) is 0 Å². The molecule has 1 unspecified atom stereocenters. The second-order valence-corrected chi connectivity index (χ2v) is 4.95. The summed E-state index contributed by atoms with van der Waals surface area (Å²) in [5.41, 5.74) is 5.82. The Hall–Kier alpha value is -0.160. The lowest BCUT2D eigenvalue weighted by atomic mass is 9.94. The minimum atomic E-state index is -0.498. The summed E-state index contributed by atoms with van der Waals surface area (Å²) in [6.45, 7) is 3.61. The molecule has 0 aliphatic heterocycles. The van der Waals surface area contributed by atoms with Gasteiger partial charge >= 0.3 is 0 Å². The Kier molecular flexibility index (Phi) is 7.77. The number of aliphatic hydroxyl groups excluding tert-OH is 1. The molecule has 0 radical (unpaired) electrons. The number of ether oxygens (including phenoxy) is 2. The summed E-state index contributed by atoms with van der Waals surface area (Å²) in [5.74, 6) is 0. The van der Waals surface area contributed by atoms with E-state index < -0.39 is 6.10 Å². The van der Waals surface area contributed by atoms with Crippen molar-refractivity contribution in [1.82, 2.24) is 0 Å². The smallest absolute Gasteiger partial charge is 0.101 e. The molecule has 0 aromatic heterocycles. The molecule has 0 spiro atoms. The van der Waals surface area contributed by atoms with E-state index in [0.717, 1.165) is 45.1 Å². The molecule has 3 N–H and O–H groups in total. The highest BCUT2D eigenvalue weighted by Gasteiger charge is 2.19. The van der Waals surface area contributed by atoms with Crippen molar-refractivity contribution in [3.05, 3.63) is 0 Å². The van der Waals surface area contributed by atoms with E-state index in [1.807, 2.05) is 0 Å². The first-order chi connectivity index (χ1) is 8.22. The maximum Gasteiger partial charge on any atom is 0.101 e. The Morgan fingerprint density at radius 3 is 2.59 bits per heavy atom. The van der Waals surface area contributed by atoms with Crippen molar-refractivity contribution in [2.75, 3.05) is 19.8 Å². The molecule has 1 atom stereocenters. The van der Waals surface area contributed by atoms with Crippen molar-refractivity contribution in [3.63, 3.8) is 0 Å². The fourth-order valence-corrected chi connectivity index (χ4v) is 2.02. The summed E-state index contributed by atoms with van der Waals surface area (Å²) in [7, 11) is 0. The highest BCUT2D eigenvalue weighted by atomic mass is 16.5. The normalized spacial score (nSPS) is 27.0. The van der Waals surface area contributed by atoms with Crippen LogP contribution in [0.2, 0.25) is 0 Å². The molecule has 4 nitrogen and oxygen atoms in total. The van der Waals surface area contributed by atoms with Gasteiger partial charge in [0.05, 0.1) is 19.3 Å². The lowest BCUT2D eigenvalue weighted by molar-refractivity contribution is -0.0541. The molecule has 1 aliphatic carbocycles. The Balaban J connectivity index is 1.97. The summed E-state index contributed by atoms with van der Waals surface area (Å²) < 4.78 is 11.0. The molecule has 0 amide bonds. The molecule has 102 valence electrons. The van der Waals surface area contributed by atoms with Crippen molar-refractivity contribution >= 4 is 0 Å². The summed E-state index contributed by atoms with van der Waals surface area (Å²) in [6.07, 6.45) is 6.06. The Bertz CT molecular complexity index is 182. The van der Waals surface area contributed by atoms with Gasteiger partial charge in [0.15, 0.2) is 0 Å². The zero-order valence-corrected chi connectivity index (χ0v) is 10.9. The number of aliphatic hydroxyl groups is 1. The Labute approximate surface area is 104 Å². The van der Waals surface area contributed by atoms with Crippen LogP contribution in [0.1, 0.15) is 45.4 Å². The van der Waals surface area contributed by atoms with E-state index in [1.165, 1.54) is 0 Å². The van der Waals surface area contributed by atoms with Crippen LogP contribution in [-0.2, 0) is 9.47 Å². The van der Waals surface area contributed by atoms with Crippen molar-refractivity contribution in [2.24, 2.45) is 5.73 Å². The quantitative estimate of drug-likeness (QED) is 0.635. The minimum absolute atomic E-state index is 0.278. The molecule has 0 heterocycles. The number of hydrogen-bond donors (Lipinski definition) is 2. The van der Waals surface area contributed by atoms with Crippen LogP contribution in [0.25, 0.3) is 0 Å². The first kappa shape index (κ1) is 14.9. The van der Waals surface area contributed by atoms with Gasteiger partial charge in [-0.3, -0.25) is 0 Å². The molecule has 1 aliphatic rings. The average Bonchev–Trinajstić information content (AvgIpc) is 2.34. The van der Waals surface area contributed by atoms with Gasteiger partial charge in [-0.15, -0.1) is 0 Å². The van der Waals surface area contributed by atoms with Crippen molar-refractivity contribution in [1.29, 1.82) is 0 Å². The van der Waals surface area contributed by atoms with E-state index in [9.17, 15) is 5.11 Å². The maximum absolute atomic E-state index is 9.66. The van der Waals surface area contributed by atoms with Gasteiger partial charge in [0.2, 0.25) is 0 Å². The second kappa shape index (κ2) is 8.86. The van der Waals surface area contributed by atoms with Crippen LogP contribution in [0.3, 0.4) is 0 Å². The largest absolute Gasteiger partial charge is 0.388 e. The molecule has 1 rings (SSSR count). The zero-order valence-electron chi connectivity index (χ0n) is 10.9. The molecule has 0 aromatic rings. The van der Waals surface area contributed by atoms with Crippen LogP contribution in [0.5, 0.6) is 0 Å². The molecular weight excluding hydrogens is 218 g/mol. The van der Waals surface area contributed by atoms with Crippen LogP contribution >= 0.6 is 0 Å². The minimum Gasteiger partial charge on any atom is -0.388 e. The van der Waals surface area contributed by atoms with Gasteiger partial charge < -0.3 is 20.3 Å². The van der Waals surface area contributed by atoms with E-state index in [0.29, 0.717) is 19.3 Å². The van der Waals surface area contributed by atoms with Gasteiger partial charge in [-0.2, -0.15) is 0 Å². The fourth-order valence-electron chi connectivity index (χ4n) is 2.02. The van der Waals surface area contributed by atoms with E-state index in [1.54, 1.807) is 0 Å². The molecule has 1 saturated carbocycles. The molecule has 1 fully saturated rings. The zero-order chi connectivity index (χ0) is 12.5. The predicted molar refractivity (Wildman–Crippen MR) is 67.9 cm³/mol. The molecule has 0 saturated heterocycles. The van der Waals surface area contributed by atoms with Gasteiger partial charge in [-0.05, 0) is 32.1 Å². The summed E-state index contributed by atoms with van der Waals surface area (Å²) in [5, 5.41) is 9.66. The molecule has 0 bridgehead atoms. The molecule has 4 heteroatoms. The third-order valence-electron chi connectivity index (χ3n) is 3.20. The van der Waals surface area contributed by atoms with E-state index in [-0.39, 0.29) is 6.10 Å². The van der Waals surface area contributed by atoms with E-state index in [2.05, 4.69) is 6.92 Å². The van der Waals surface area contributed by atoms with Gasteiger partial charge in [0.25, 0.3) is 0 Å². The average molecular weight is 245 g/mol. The Morgan fingerprint density at radius 1 is 1.24 bits per heavy atom. The van der Waals surface area contributed by atoms with Gasteiger partial charge in [-0.1, -0.05) is 13.3 Å². The standard InChI is InChI=1S/C13H27NO3/c1-2-3-8-16-9-12(15)10-17-13-6-4-11(14)5-7-13/h11-13,15H,2-10,14H2,1H3. The first-order valence-electron chi connectivity index (χ1n) is 6.85. The third kappa shape index (κ3) is 6.99. The van der Waals surface area contributed by atoms with Gasteiger partial charge in [0, 0.05) is 12.6 Å². The Morgan fingerprint density at radius 2 is 1.94 bits per heavy atom. The molecule has 0 aromatic carbocycles. The van der Waals surface area contributed by atoms with Gasteiger partial charge in [0.1, 0.15) is 6.10 Å². The van der Waals surface area contributed by atoms with Crippen LogP contribution in [-0.4, -0.2) is 43.2 Å². The monoisotopic (exact) mass is 245 g/mol. The van der Waals surface area contributed by atoms with Crippen LogP contribution < -0.4 is 5.73 Å². The number of hydrogen-bond acceptors (Lipinski definition) is 4. The lowest BCUT2D eigenvalue weighted by Gasteiger charge is -2.27. The van der Waals surface area contributed by atoms with Crippen LogP contribution in [0.4, 0.5) is 0 Å². The predicted octanol–water partition coefficient (Wildman–Crippen LogP) is 1.45. The van der Waals surface area contributed by atoms with Crippen LogP contribution in [0.15, 0.2) is 0 Å². The highest BCUT2D eigenvalue weighted by molar-refractivity contribution is 4.74. The maximum atomic E-state index is 9.66. The molecule has 17 heavy (non-hydrogen) atoms. The number of nitrogens with two attached hydrogens (primary N) is 1. The number of unbranched alkanes of at least 4 members (excludes halogenated alkanes) is 1. The third-order valence-corrected chi connectivity index (χ3v) is 3.20. The SMILES string of the molecule is CCCCOCC(O)COC1CCC(N)CC1. The van der Waals surface area contributed by atoms with Crippen molar-refractivity contribution in [2.45, 2.75) is 63.7 Å². The van der Waals surface area contributed by atoms with E-state index >= 15 is 0 Å². The van der Waals surface area contributed by atoms with Crippen molar-refractivity contribution in [3.8, 4) is 0 Å². The second-order valence-electron chi connectivity index (χ2n) is 4.95. The lowest BCUT2D eigenvalue weighted by Crippen LogP contribution is -2.32. The topological polar surface area (TPSA) is 64.7 Å². The fraction of sp³-hybridized carbons (Fsp3) is 1.00. The summed E-state index contributed by atoms with van der Waals surface area (Å²) in [6, 6.07) is 0.345. The first-order valence-corrected chi connectivity index (χ1v) is 6.85. The highest BCUT2D eigenvalue weighted by Crippen LogP contribution is 2.19. The summed E-state index contributed by atoms with van der Waals surface area (Å²) in [4.78, 5) is 0.